The fourth-order valence-corrected chi connectivity index (χ4v) is 1.22. The summed E-state index contributed by atoms with van der Waals surface area (Å²) in [5.74, 6) is 0.680. The van der Waals surface area contributed by atoms with Gasteiger partial charge in [-0.2, -0.15) is 0 Å². The van der Waals surface area contributed by atoms with Gasteiger partial charge in [0.1, 0.15) is 0 Å². The first-order valence-corrected chi connectivity index (χ1v) is 4.40. The van der Waals surface area contributed by atoms with Crippen molar-refractivity contribution >= 4 is 0 Å². The van der Waals surface area contributed by atoms with Crippen LogP contribution in [-0.4, -0.2) is 13.1 Å². The van der Waals surface area contributed by atoms with Crippen molar-refractivity contribution in [1.29, 1.82) is 0 Å². The minimum absolute atomic E-state index is 0.602. The second kappa shape index (κ2) is 5.36. The van der Waals surface area contributed by atoms with Crippen LogP contribution in [0.15, 0.2) is 11.6 Å². The fourth-order valence-electron chi connectivity index (χ4n) is 1.22. The van der Waals surface area contributed by atoms with E-state index in [2.05, 4.69) is 39.1 Å². The zero-order valence-corrected chi connectivity index (χ0v) is 8.44. The van der Waals surface area contributed by atoms with Gasteiger partial charge in [0.15, 0.2) is 0 Å². The molecule has 0 amide bonds. The molecule has 0 aliphatic rings. The van der Waals surface area contributed by atoms with Crippen molar-refractivity contribution in [3.8, 4) is 0 Å². The quantitative estimate of drug-likeness (QED) is 0.615. The molecule has 0 saturated carbocycles. The van der Waals surface area contributed by atoms with E-state index in [-0.39, 0.29) is 0 Å². The maximum atomic E-state index is 3.23. The van der Waals surface area contributed by atoms with Crippen LogP contribution in [0.25, 0.3) is 0 Å². The molecule has 1 N–H and O–H groups in total. The monoisotopic (exact) mass is 155 g/mol. The Morgan fingerprint density at radius 3 is 2.27 bits per heavy atom. The Labute approximate surface area is 70.9 Å². The van der Waals surface area contributed by atoms with Gasteiger partial charge in [-0.25, -0.2) is 0 Å². The Morgan fingerprint density at radius 1 is 1.36 bits per heavy atom. The van der Waals surface area contributed by atoms with Crippen molar-refractivity contribution in [2.24, 2.45) is 5.92 Å². The highest BCUT2D eigenvalue weighted by Gasteiger charge is 1.98. The standard InChI is InChI=1S/C10H21N/c1-8(2)6-9(3)7-10(4)11-5/h6,8,10-11H,7H2,1-5H3. The maximum Gasteiger partial charge on any atom is 0.00727 e. The van der Waals surface area contributed by atoms with Crippen LogP contribution in [0.5, 0.6) is 0 Å². The summed E-state index contributed by atoms with van der Waals surface area (Å²) in [7, 11) is 2.01. The Kier molecular flexibility index (Phi) is 5.22. The minimum atomic E-state index is 0.602. The van der Waals surface area contributed by atoms with E-state index in [0.29, 0.717) is 12.0 Å². The Morgan fingerprint density at radius 2 is 1.91 bits per heavy atom. The van der Waals surface area contributed by atoms with E-state index in [4.69, 9.17) is 0 Å². The molecule has 0 aliphatic carbocycles. The lowest BCUT2D eigenvalue weighted by atomic mass is 10.0. The van der Waals surface area contributed by atoms with Crippen molar-refractivity contribution in [3.63, 3.8) is 0 Å². The van der Waals surface area contributed by atoms with E-state index in [0.717, 1.165) is 6.42 Å². The largest absolute Gasteiger partial charge is 0.317 e. The van der Waals surface area contributed by atoms with Gasteiger partial charge >= 0.3 is 0 Å². The topological polar surface area (TPSA) is 12.0 Å². The Balaban J connectivity index is 3.76. The molecular weight excluding hydrogens is 134 g/mol. The predicted molar refractivity (Wildman–Crippen MR) is 51.7 cm³/mol. The summed E-state index contributed by atoms with van der Waals surface area (Å²) in [5, 5.41) is 3.23. The molecule has 0 rings (SSSR count). The average Bonchev–Trinajstić information content (AvgIpc) is 1.85. The molecule has 0 aromatic heterocycles. The first-order chi connectivity index (χ1) is 5.06. The van der Waals surface area contributed by atoms with E-state index in [1.165, 1.54) is 5.57 Å². The molecule has 0 radical (unpaired) electrons. The highest BCUT2D eigenvalue weighted by Crippen LogP contribution is 2.07. The van der Waals surface area contributed by atoms with Gasteiger partial charge in [0, 0.05) is 6.04 Å². The van der Waals surface area contributed by atoms with Crippen molar-refractivity contribution in [2.45, 2.75) is 40.2 Å². The zero-order valence-electron chi connectivity index (χ0n) is 8.44. The zero-order chi connectivity index (χ0) is 8.85. The van der Waals surface area contributed by atoms with E-state index >= 15 is 0 Å². The summed E-state index contributed by atoms with van der Waals surface area (Å²) in [5.41, 5.74) is 1.49. The summed E-state index contributed by atoms with van der Waals surface area (Å²) in [4.78, 5) is 0. The highest BCUT2D eigenvalue weighted by molar-refractivity contribution is 5.01. The molecule has 1 atom stereocenters. The third kappa shape index (κ3) is 6.11. The molecule has 0 bridgehead atoms. The summed E-state index contributed by atoms with van der Waals surface area (Å²) in [6.07, 6.45) is 3.49. The van der Waals surface area contributed by atoms with Gasteiger partial charge in [-0.3, -0.25) is 0 Å². The van der Waals surface area contributed by atoms with Crippen LogP contribution in [0.3, 0.4) is 0 Å². The lowest BCUT2D eigenvalue weighted by molar-refractivity contribution is 0.601. The smallest absolute Gasteiger partial charge is 0.00727 e. The third-order valence-electron chi connectivity index (χ3n) is 1.74. The number of nitrogens with one attached hydrogen (secondary N) is 1. The van der Waals surface area contributed by atoms with Crippen LogP contribution >= 0.6 is 0 Å². The molecule has 66 valence electrons. The molecule has 0 saturated heterocycles. The molecule has 1 nitrogen and oxygen atoms in total. The van der Waals surface area contributed by atoms with E-state index < -0.39 is 0 Å². The van der Waals surface area contributed by atoms with Crippen LogP contribution < -0.4 is 5.32 Å². The molecule has 11 heavy (non-hydrogen) atoms. The summed E-state index contributed by atoms with van der Waals surface area (Å²) >= 11 is 0. The van der Waals surface area contributed by atoms with Crippen LogP contribution in [-0.2, 0) is 0 Å². The van der Waals surface area contributed by atoms with Gasteiger partial charge in [0.25, 0.3) is 0 Å². The molecular formula is C10H21N. The van der Waals surface area contributed by atoms with Gasteiger partial charge < -0.3 is 5.32 Å². The number of allylic oxidation sites excluding steroid dienone is 1. The first-order valence-electron chi connectivity index (χ1n) is 4.40. The second-order valence-corrected chi connectivity index (χ2v) is 3.65. The van der Waals surface area contributed by atoms with Crippen molar-refractivity contribution < 1.29 is 0 Å². The van der Waals surface area contributed by atoms with Gasteiger partial charge in [-0.1, -0.05) is 25.5 Å². The van der Waals surface area contributed by atoms with Crippen LogP contribution in [0, 0.1) is 5.92 Å². The van der Waals surface area contributed by atoms with E-state index in [1.54, 1.807) is 0 Å². The van der Waals surface area contributed by atoms with Gasteiger partial charge in [0.2, 0.25) is 0 Å². The first kappa shape index (κ1) is 10.7. The summed E-state index contributed by atoms with van der Waals surface area (Å²) in [6, 6.07) is 0.602. The van der Waals surface area contributed by atoms with Gasteiger partial charge in [-0.15, -0.1) is 0 Å². The Hall–Kier alpha value is -0.300. The molecule has 1 unspecified atom stereocenters. The predicted octanol–water partition coefficient (Wildman–Crippen LogP) is 2.59. The Bertz CT molecular complexity index is 125. The lowest BCUT2D eigenvalue weighted by Gasteiger charge is -2.10. The van der Waals surface area contributed by atoms with E-state index in [1.807, 2.05) is 7.05 Å². The average molecular weight is 155 g/mol. The third-order valence-corrected chi connectivity index (χ3v) is 1.74. The molecule has 0 spiro atoms. The highest BCUT2D eigenvalue weighted by atomic mass is 14.8. The summed E-state index contributed by atoms with van der Waals surface area (Å²) in [6.45, 7) is 8.84. The normalized spacial score (nSPS) is 15.6. The van der Waals surface area contributed by atoms with Crippen LogP contribution in [0.1, 0.15) is 34.1 Å². The fraction of sp³-hybridized carbons (Fsp3) is 0.800. The van der Waals surface area contributed by atoms with Crippen molar-refractivity contribution in [2.75, 3.05) is 7.05 Å². The van der Waals surface area contributed by atoms with Crippen molar-refractivity contribution in [3.05, 3.63) is 11.6 Å². The van der Waals surface area contributed by atoms with Gasteiger partial charge in [0.05, 0.1) is 0 Å². The minimum Gasteiger partial charge on any atom is -0.317 e. The van der Waals surface area contributed by atoms with Crippen molar-refractivity contribution in [1.82, 2.24) is 5.32 Å². The maximum absolute atomic E-state index is 3.23. The summed E-state index contributed by atoms with van der Waals surface area (Å²) < 4.78 is 0. The number of hydrogen-bond acceptors (Lipinski definition) is 1. The number of rotatable bonds is 4. The second-order valence-electron chi connectivity index (χ2n) is 3.65. The SMILES string of the molecule is CNC(C)CC(C)=CC(C)C. The lowest BCUT2D eigenvalue weighted by Crippen LogP contribution is -2.21. The molecule has 0 aromatic carbocycles. The van der Waals surface area contributed by atoms with Gasteiger partial charge in [-0.05, 0) is 33.2 Å². The molecule has 0 aliphatic heterocycles. The van der Waals surface area contributed by atoms with Crippen LogP contribution in [0.4, 0.5) is 0 Å². The number of hydrogen-bond donors (Lipinski definition) is 1. The molecule has 0 heterocycles. The molecule has 0 fully saturated rings. The van der Waals surface area contributed by atoms with Crippen LogP contribution in [0.2, 0.25) is 0 Å². The van der Waals surface area contributed by atoms with E-state index in [9.17, 15) is 0 Å². The molecule has 0 aromatic rings. The molecule has 1 heteroatoms.